The van der Waals surface area contributed by atoms with Gasteiger partial charge >= 0.3 is 0 Å². The van der Waals surface area contributed by atoms with E-state index in [1.165, 1.54) is 12.1 Å². The number of nitro benzene ring substituents is 1. The van der Waals surface area contributed by atoms with Crippen LogP contribution >= 0.6 is 0 Å². The summed E-state index contributed by atoms with van der Waals surface area (Å²) in [5.74, 6) is 2.06. The largest absolute Gasteiger partial charge is 0.377 e. The highest BCUT2D eigenvalue weighted by molar-refractivity contribution is 5.63. The highest BCUT2D eigenvalue weighted by atomic mass is 16.6. The number of nitrogens with one attached hydrogen (secondary N) is 1. The summed E-state index contributed by atoms with van der Waals surface area (Å²) in [5.41, 5.74) is 0.772. The number of anilines is 2. The van der Waals surface area contributed by atoms with Gasteiger partial charge in [-0.3, -0.25) is 10.1 Å². The molecule has 148 valence electrons. The number of nitro groups is 1. The van der Waals surface area contributed by atoms with Crippen molar-refractivity contribution in [2.45, 2.75) is 32.0 Å². The third-order valence-corrected chi connectivity index (χ3v) is 4.78. The number of hydrogen-bond acceptors (Lipinski definition) is 8. The van der Waals surface area contributed by atoms with Gasteiger partial charge in [-0.15, -0.1) is 0 Å². The average molecular weight is 385 g/mol. The van der Waals surface area contributed by atoms with Crippen LogP contribution in [0.1, 0.15) is 13.8 Å². The fourth-order valence-electron chi connectivity index (χ4n) is 3.57. The van der Waals surface area contributed by atoms with Gasteiger partial charge in [0.05, 0.1) is 43.4 Å². The minimum absolute atomic E-state index is 0.0419. The Balaban J connectivity index is 1.74. The molecule has 2 fully saturated rings. The van der Waals surface area contributed by atoms with Crippen LogP contribution in [-0.4, -0.2) is 59.4 Å². The second-order valence-electron chi connectivity index (χ2n) is 7.33. The number of fused-ring (bicyclic) bond motifs is 2. The fourth-order valence-corrected chi connectivity index (χ4v) is 3.57. The molecule has 2 bridgehead atoms. The van der Waals surface area contributed by atoms with Gasteiger partial charge in [-0.05, 0) is 26.0 Å². The van der Waals surface area contributed by atoms with Crippen molar-refractivity contribution < 1.29 is 14.4 Å². The Morgan fingerprint density at radius 3 is 2.25 bits per heavy atom. The molecule has 0 atom stereocenters. The SMILES string of the molecule is CC(C)Nc1cc(N2C3COCC2COC3)nc(-c2ccc([N+](=O)[O-])cc2)n1. The van der Waals surface area contributed by atoms with Crippen LogP contribution in [0.4, 0.5) is 17.3 Å². The first-order valence-electron chi connectivity index (χ1n) is 9.35. The maximum absolute atomic E-state index is 10.9. The molecule has 4 rings (SSSR count). The van der Waals surface area contributed by atoms with E-state index in [0.717, 1.165) is 17.2 Å². The lowest BCUT2D eigenvalue weighted by Crippen LogP contribution is -2.60. The number of morpholine rings is 2. The Bertz CT molecular complexity index is 836. The van der Waals surface area contributed by atoms with Gasteiger partial charge in [0.25, 0.3) is 5.69 Å². The van der Waals surface area contributed by atoms with Crippen LogP contribution < -0.4 is 10.2 Å². The molecule has 9 heteroatoms. The monoisotopic (exact) mass is 385 g/mol. The van der Waals surface area contributed by atoms with Crippen molar-refractivity contribution in [1.29, 1.82) is 0 Å². The molecule has 0 spiro atoms. The molecule has 0 unspecified atom stereocenters. The molecule has 2 aliphatic heterocycles. The predicted octanol–water partition coefficient (Wildman–Crippen LogP) is 2.48. The molecule has 2 saturated heterocycles. The summed E-state index contributed by atoms with van der Waals surface area (Å²) >= 11 is 0. The zero-order valence-electron chi connectivity index (χ0n) is 15.9. The Hall–Kier alpha value is -2.78. The van der Waals surface area contributed by atoms with E-state index < -0.39 is 4.92 Å². The lowest BCUT2D eigenvalue weighted by atomic mass is 10.1. The Morgan fingerprint density at radius 1 is 1.11 bits per heavy atom. The number of aromatic nitrogens is 2. The van der Waals surface area contributed by atoms with Gasteiger partial charge in [0, 0.05) is 29.8 Å². The molecule has 0 aliphatic carbocycles. The van der Waals surface area contributed by atoms with Crippen LogP contribution in [0, 0.1) is 10.1 Å². The molecule has 2 aromatic rings. The summed E-state index contributed by atoms with van der Waals surface area (Å²) in [4.78, 5) is 22.2. The average Bonchev–Trinajstić information content (AvgIpc) is 2.66. The summed E-state index contributed by atoms with van der Waals surface area (Å²) < 4.78 is 11.4. The van der Waals surface area contributed by atoms with E-state index >= 15 is 0 Å². The zero-order valence-corrected chi connectivity index (χ0v) is 15.9. The van der Waals surface area contributed by atoms with Crippen molar-refractivity contribution in [3.8, 4) is 11.4 Å². The number of hydrogen-bond donors (Lipinski definition) is 1. The van der Waals surface area contributed by atoms with Gasteiger partial charge in [-0.25, -0.2) is 9.97 Å². The topological polar surface area (TPSA) is 103 Å². The lowest BCUT2D eigenvalue weighted by Gasteiger charge is -2.46. The summed E-state index contributed by atoms with van der Waals surface area (Å²) in [6.07, 6.45) is 0. The van der Waals surface area contributed by atoms with Crippen molar-refractivity contribution in [2.75, 3.05) is 36.6 Å². The molecule has 1 aromatic heterocycles. The van der Waals surface area contributed by atoms with Crippen molar-refractivity contribution >= 4 is 17.3 Å². The minimum atomic E-state index is -0.415. The maximum Gasteiger partial charge on any atom is 0.269 e. The van der Waals surface area contributed by atoms with Crippen molar-refractivity contribution in [3.63, 3.8) is 0 Å². The smallest absolute Gasteiger partial charge is 0.269 e. The third kappa shape index (κ3) is 3.76. The zero-order chi connectivity index (χ0) is 19.7. The van der Waals surface area contributed by atoms with Gasteiger partial charge in [-0.2, -0.15) is 0 Å². The second kappa shape index (κ2) is 7.69. The van der Waals surface area contributed by atoms with Crippen LogP contribution in [-0.2, 0) is 9.47 Å². The van der Waals surface area contributed by atoms with E-state index in [1.807, 2.05) is 19.9 Å². The molecule has 3 heterocycles. The van der Waals surface area contributed by atoms with Crippen molar-refractivity contribution in [3.05, 3.63) is 40.4 Å². The molecular formula is C19H23N5O4. The van der Waals surface area contributed by atoms with Crippen LogP contribution in [0.2, 0.25) is 0 Å². The van der Waals surface area contributed by atoms with Crippen LogP contribution in [0.15, 0.2) is 30.3 Å². The molecule has 2 aliphatic rings. The maximum atomic E-state index is 10.9. The molecule has 0 amide bonds. The van der Waals surface area contributed by atoms with Crippen molar-refractivity contribution in [2.24, 2.45) is 0 Å². The first-order valence-corrected chi connectivity index (χ1v) is 9.35. The van der Waals surface area contributed by atoms with Crippen LogP contribution in [0.3, 0.4) is 0 Å². The number of nitrogens with zero attached hydrogens (tertiary/aromatic N) is 4. The Kier molecular flexibility index (Phi) is 5.10. The van der Waals surface area contributed by atoms with Gasteiger partial charge in [0.2, 0.25) is 0 Å². The van der Waals surface area contributed by atoms with E-state index in [0.29, 0.717) is 32.3 Å². The van der Waals surface area contributed by atoms with E-state index in [4.69, 9.17) is 14.5 Å². The van der Waals surface area contributed by atoms with Gasteiger partial charge < -0.3 is 19.7 Å². The van der Waals surface area contributed by atoms with Crippen LogP contribution in [0.5, 0.6) is 0 Å². The lowest BCUT2D eigenvalue weighted by molar-refractivity contribution is -0.384. The molecule has 28 heavy (non-hydrogen) atoms. The Morgan fingerprint density at radius 2 is 1.71 bits per heavy atom. The molecular weight excluding hydrogens is 362 g/mol. The summed E-state index contributed by atoms with van der Waals surface area (Å²) in [5, 5.41) is 14.3. The van der Waals surface area contributed by atoms with Gasteiger partial charge in [0.1, 0.15) is 11.6 Å². The molecule has 1 aromatic carbocycles. The fraction of sp³-hybridized carbons (Fsp3) is 0.474. The first kappa shape index (κ1) is 18.6. The van der Waals surface area contributed by atoms with Crippen LogP contribution in [0.25, 0.3) is 11.4 Å². The number of benzene rings is 1. The number of rotatable bonds is 5. The minimum Gasteiger partial charge on any atom is -0.377 e. The highest BCUT2D eigenvalue weighted by Crippen LogP contribution is 2.30. The number of ether oxygens (including phenoxy) is 2. The standard InChI is InChI=1S/C19H23N5O4/c1-12(2)20-17-7-18(23-15-8-27-10-16(23)11-28-9-15)22-19(21-17)13-3-5-14(6-4-13)24(25)26/h3-7,12,15-16H,8-11H2,1-2H3,(H,20,21,22). The molecule has 1 N–H and O–H groups in total. The predicted molar refractivity (Wildman–Crippen MR) is 105 cm³/mol. The first-order chi connectivity index (χ1) is 13.5. The van der Waals surface area contributed by atoms with Gasteiger partial charge in [-0.1, -0.05) is 0 Å². The van der Waals surface area contributed by atoms with E-state index in [-0.39, 0.29) is 23.8 Å². The number of non-ortho nitro benzene ring substituents is 1. The molecule has 9 nitrogen and oxygen atoms in total. The van der Waals surface area contributed by atoms with E-state index in [1.54, 1.807) is 12.1 Å². The van der Waals surface area contributed by atoms with Gasteiger partial charge in [0.15, 0.2) is 5.82 Å². The second-order valence-corrected chi connectivity index (χ2v) is 7.33. The van der Waals surface area contributed by atoms with E-state index in [9.17, 15) is 10.1 Å². The third-order valence-electron chi connectivity index (χ3n) is 4.78. The van der Waals surface area contributed by atoms with E-state index in [2.05, 4.69) is 15.2 Å². The van der Waals surface area contributed by atoms with Crippen molar-refractivity contribution in [1.82, 2.24) is 9.97 Å². The molecule has 0 saturated carbocycles. The quantitative estimate of drug-likeness (QED) is 0.619. The Labute approximate surface area is 162 Å². The highest BCUT2D eigenvalue weighted by Gasteiger charge is 2.36. The summed E-state index contributed by atoms with van der Waals surface area (Å²) in [6, 6.07) is 8.68. The summed E-state index contributed by atoms with van der Waals surface area (Å²) in [7, 11) is 0. The summed E-state index contributed by atoms with van der Waals surface area (Å²) in [6.45, 7) is 6.48. The molecule has 0 radical (unpaired) electrons. The normalized spacial score (nSPS) is 21.6.